The van der Waals surface area contributed by atoms with Crippen LogP contribution in [0.3, 0.4) is 0 Å². The van der Waals surface area contributed by atoms with Crippen molar-refractivity contribution in [3.8, 4) is 0 Å². The molecule has 1 saturated carbocycles. The van der Waals surface area contributed by atoms with Crippen LogP contribution >= 0.6 is 0 Å². The Kier molecular flexibility index (Phi) is 3.88. The predicted octanol–water partition coefficient (Wildman–Crippen LogP) is 5.25. The topological polar surface area (TPSA) is 24.9 Å². The number of hydrogen-bond acceptors (Lipinski definition) is 2. The molecular weight excluding hydrogens is 256 g/mol. The summed E-state index contributed by atoms with van der Waals surface area (Å²) >= 11 is 0. The van der Waals surface area contributed by atoms with Crippen molar-refractivity contribution in [3.63, 3.8) is 0 Å². The van der Waals surface area contributed by atoms with Gasteiger partial charge >= 0.3 is 0 Å². The summed E-state index contributed by atoms with van der Waals surface area (Å²) in [6.45, 7) is 7.11. The highest BCUT2D eigenvalue weighted by molar-refractivity contribution is 5.83. The van der Waals surface area contributed by atoms with Crippen LogP contribution in [0.4, 0.5) is 5.82 Å². The molecule has 2 aromatic rings. The van der Waals surface area contributed by atoms with Crippen LogP contribution in [0, 0.1) is 11.3 Å². The third kappa shape index (κ3) is 3.37. The zero-order valence-corrected chi connectivity index (χ0v) is 13.4. The van der Waals surface area contributed by atoms with Crippen LogP contribution in [0.15, 0.2) is 36.5 Å². The first-order chi connectivity index (χ1) is 10.0. The van der Waals surface area contributed by atoms with Crippen molar-refractivity contribution < 1.29 is 0 Å². The van der Waals surface area contributed by atoms with E-state index in [2.05, 4.69) is 61.4 Å². The number of hydrogen-bond donors (Lipinski definition) is 1. The maximum absolute atomic E-state index is 4.56. The molecule has 0 amide bonds. The highest BCUT2D eigenvalue weighted by Gasteiger charge is 2.29. The Balaban J connectivity index is 1.64. The molecule has 1 aliphatic rings. The lowest BCUT2D eigenvalue weighted by Gasteiger charge is -2.37. The standard InChI is InChI=1S/C19H26N2/c1-19(2,3)16-8-10-17(11-9-16)21-18-12-14-6-4-5-7-15(14)13-20-18/h4-7,12-13,16-17H,8-11H2,1-3H3,(H,20,21)/t16-,17-. The second-order valence-corrected chi connectivity index (χ2v) is 7.48. The predicted molar refractivity (Wildman–Crippen MR) is 90.6 cm³/mol. The van der Waals surface area contributed by atoms with Crippen LogP contribution < -0.4 is 5.32 Å². The first kappa shape index (κ1) is 14.4. The van der Waals surface area contributed by atoms with E-state index in [1.807, 2.05) is 6.20 Å². The Hall–Kier alpha value is -1.57. The van der Waals surface area contributed by atoms with Crippen LogP contribution in [0.5, 0.6) is 0 Å². The van der Waals surface area contributed by atoms with Crippen LogP contribution in [0.2, 0.25) is 0 Å². The molecule has 1 aromatic heterocycles. The van der Waals surface area contributed by atoms with Gasteiger partial charge in [-0.15, -0.1) is 0 Å². The maximum atomic E-state index is 4.56. The van der Waals surface area contributed by atoms with Gasteiger partial charge in [0.1, 0.15) is 5.82 Å². The minimum atomic E-state index is 0.451. The molecule has 1 fully saturated rings. The highest BCUT2D eigenvalue weighted by Crippen LogP contribution is 2.38. The Morgan fingerprint density at radius 1 is 1.00 bits per heavy atom. The van der Waals surface area contributed by atoms with Crippen molar-refractivity contribution in [1.82, 2.24) is 4.98 Å². The first-order valence-electron chi connectivity index (χ1n) is 8.14. The number of fused-ring (bicyclic) bond motifs is 1. The molecule has 0 atom stereocenters. The number of aromatic nitrogens is 1. The highest BCUT2D eigenvalue weighted by atomic mass is 15.0. The largest absolute Gasteiger partial charge is 0.367 e. The smallest absolute Gasteiger partial charge is 0.126 e. The van der Waals surface area contributed by atoms with Crippen molar-refractivity contribution in [2.45, 2.75) is 52.5 Å². The molecule has 2 heteroatoms. The van der Waals surface area contributed by atoms with E-state index in [4.69, 9.17) is 0 Å². The number of nitrogens with one attached hydrogen (secondary N) is 1. The molecule has 0 aliphatic heterocycles. The molecule has 21 heavy (non-hydrogen) atoms. The monoisotopic (exact) mass is 282 g/mol. The SMILES string of the molecule is CC(C)(C)[C@H]1CC[C@H](Nc2cc3ccccc3cn2)CC1. The van der Waals surface area contributed by atoms with Crippen LogP contribution in [0.1, 0.15) is 46.5 Å². The Morgan fingerprint density at radius 3 is 2.33 bits per heavy atom. The minimum Gasteiger partial charge on any atom is -0.367 e. The summed E-state index contributed by atoms with van der Waals surface area (Å²) in [4.78, 5) is 4.56. The molecule has 0 unspecified atom stereocenters. The van der Waals surface area contributed by atoms with E-state index in [0.29, 0.717) is 11.5 Å². The second kappa shape index (κ2) is 5.67. The quantitative estimate of drug-likeness (QED) is 0.813. The molecule has 1 aromatic carbocycles. The number of nitrogens with zero attached hydrogens (tertiary/aromatic N) is 1. The molecule has 0 bridgehead atoms. The molecule has 0 saturated heterocycles. The lowest BCUT2D eigenvalue weighted by Crippen LogP contribution is -2.31. The average molecular weight is 282 g/mol. The van der Waals surface area contributed by atoms with E-state index in [9.17, 15) is 0 Å². The van der Waals surface area contributed by atoms with E-state index >= 15 is 0 Å². The van der Waals surface area contributed by atoms with Crippen molar-refractivity contribution >= 4 is 16.6 Å². The first-order valence-corrected chi connectivity index (χ1v) is 8.14. The van der Waals surface area contributed by atoms with Crippen LogP contribution in [0.25, 0.3) is 10.8 Å². The molecule has 1 heterocycles. The Labute approximate surface area is 128 Å². The second-order valence-electron chi connectivity index (χ2n) is 7.48. The summed E-state index contributed by atoms with van der Waals surface area (Å²) in [5, 5.41) is 6.10. The molecule has 2 nitrogen and oxygen atoms in total. The summed E-state index contributed by atoms with van der Waals surface area (Å²) in [5.41, 5.74) is 0.451. The van der Waals surface area contributed by atoms with Gasteiger partial charge in [-0.1, -0.05) is 45.0 Å². The summed E-state index contributed by atoms with van der Waals surface area (Å²) in [6, 6.07) is 11.2. The van der Waals surface area contributed by atoms with Crippen LogP contribution in [-0.4, -0.2) is 11.0 Å². The fourth-order valence-corrected chi connectivity index (χ4v) is 3.48. The van der Waals surface area contributed by atoms with Gasteiger partial charge in [-0.05, 0) is 48.5 Å². The fraction of sp³-hybridized carbons (Fsp3) is 0.526. The molecule has 0 spiro atoms. The molecule has 112 valence electrons. The average Bonchev–Trinajstić information content (AvgIpc) is 2.47. The van der Waals surface area contributed by atoms with Gasteiger partial charge in [-0.2, -0.15) is 0 Å². The third-order valence-corrected chi connectivity index (χ3v) is 4.93. The van der Waals surface area contributed by atoms with Crippen molar-refractivity contribution in [1.29, 1.82) is 0 Å². The van der Waals surface area contributed by atoms with E-state index in [1.165, 1.54) is 36.5 Å². The zero-order valence-electron chi connectivity index (χ0n) is 13.4. The van der Waals surface area contributed by atoms with Gasteiger partial charge in [0.2, 0.25) is 0 Å². The van der Waals surface area contributed by atoms with E-state index in [-0.39, 0.29) is 0 Å². The van der Waals surface area contributed by atoms with Gasteiger partial charge in [0.15, 0.2) is 0 Å². The van der Waals surface area contributed by atoms with Crippen molar-refractivity contribution in [2.75, 3.05) is 5.32 Å². The molecular formula is C19H26N2. The fourth-order valence-electron chi connectivity index (χ4n) is 3.48. The third-order valence-electron chi connectivity index (χ3n) is 4.93. The summed E-state index contributed by atoms with van der Waals surface area (Å²) in [5.74, 6) is 1.88. The van der Waals surface area contributed by atoms with Gasteiger partial charge in [0.25, 0.3) is 0 Å². The van der Waals surface area contributed by atoms with Gasteiger partial charge in [0.05, 0.1) is 0 Å². The molecule has 1 N–H and O–H groups in total. The van der Waals surface area contributed by atoms with E-state index < -0.39 is 0 Å². The summed E-state index contributed by atoms with van der Waals surface area (Å²) < 4.78 is 0. The summed E-state index contributed by atoms with van der Waals surface area (Å²) in [6.07, 6.45) is 7.15. The Bertz CT molecular complexity index is 604. The van der Waals surface area contributed by atoms with Gasteiger partial charge in [-0.25, -0.2) is 4.98 Å². The van der Waals surface area contributed by atoms with Gasteiger partial charge in [-0.3, -0.25) is 0 Å². The lowest BCUT2D eigenvalue weighted by molar-refractivity contribution is 0.173. The van der Waals surface area contributed by atoms with Gasteiger partial charge < -0.3 is 5.32 Å². The molecule has 0 radical (unpaired) electrons. The molecule has 1 aliphatic carbocycles. The minimum absolute atomic E-state index is 0.451. The van der Waals surface area contributed by atoms with Gasteiger partial charge in [0, 0.05) is 17.6 Å². The normalized spacial score (nSPS) is 23.2. The summed E-state index contributed by atoms with van der Waals surface area (Å²) in [7, 11) is 0. The number of pyridine rings is 1. The number of anilines is 1. The number of benzene rings is 1. The van der Waals surface area contributed by atoms with Crippen LogP contribution in [-0.2, 0) is 0 Å². The van der Waals surface area contributed by atoms with E-state index in [1.54, 1.807) is 0 Å². The van der Waals surface area contributed by atoms with Crippen molar-refractivity contribution in [3.05, 3.63) is 36.5 Å². The molecule has 3 rings (SSSR count). The maximum Gasteiger partial charge on any atom is 0.126 e. The van der Waals surface area contributed by atoms with E-state index in [0.717, 1.165) is 11.7 Å². The number of rotatable bonds is 2. The lowest BCUT2D eigenvalue weighted by atomic mass is 9.71. The van der Waals surface area contributed by atoms with Crippen molar-refractivity contribution in [2.24, 2.45) is 11.3 Å². The Morgan fingerprint density at radius 2 is 1.67 bits per heavy atom. The zero-order chi connectivity index (χ0) is 14.9.